The highest BCUT2D eigenvalue weighted by Crippen LogP contribution is 2.41. The monoisotopic (exact) mass is 332 g/mol. The molecule has 2 heterocycles. The summed E-state index contributed by atoms with van der Waals surface area (Å²) >= 11 is 0. The highest BCUT2D eigenvalue weighted by Gasteiger charge is 2.32. The SMILES string of the molecule is CC1CCCCN1CCNC(=O)c1cc(C2CC2)n(C(C)(C)C)n1. The highest BCUT2D eigenvalue weighted by atomic mass is 16.1. The normalized spacial score (nSPS) is 22.6. The summed E-state index contributed by atoms with van der Waals surface area (Å²) in [6.45, 7) is 11.5. The van der Waals surface area contributed by atoms with Gasteiger partial charge >= 0.3 is 0 Å². The lowest BCUT2D eigenvalue weighted by molar-refractivity contribution is 0.0932. The Labute approximate surface area is 145 Å². The Balaban J connectivity index is 1.59. The predicted octanol–water partition coefficient (Wildman–Crippen LogP) is 3.12. The molecule has 1 aliphatic carbocycles. The summed E-state index contributed by atoms with van der Waals surface area (Å²) in [5, 5.41) is 7.68. The number of likely N-dealkylation sites (tertiary alicyclic amines) is 1. The van der Waals surface area contributed by atoms with Gasteiger partial charge in [0.25, 0.3) is 5.91 Å². The van der Waals surface area contributed by atoms with Gasteiger partial charge in [0.05, 0.1) is 5.54 Å². The van der Waals surface area contributed by atoms with Crippen molar-refractivity contribution in [3.63, 3.8) is 0 Å². The number of carbonyl (C=O) groups excluding carboxylic acids is 1. The molecule has 0 spiro atoms. The Morgan fingerprint density at radius 1 is 1.29 bits per heavy atom. The molecule has 5 nitrogen and oxygen atoms in total. The first-order valence-electron chi connectivity index (χ1n) is 9.49. The van der Waals surface area contributed by atoms with Crippen molar-refractivity contribution in [2.45, 2.75) is 77.3 Å². The van der Waals surface area contributed by atoms with Crippen LogP contribution in [0.1, 0.15) is 81.9 Å². The van der Waals surface area contributed by atoms with Crippen molar-refractivity contribution in [3.8, 4) is 0 Å². The zero-order chi connectivity index (χ0) is 17.3. The van der Waals surface area contributed by atoms with Crippen LogP contribution in [0.5, 0.6) is 0 Å². The van der Waals surface area contributed by atoms with E-state index in [9.17, 15) is 4.79 Å². The van der Waals surface area contributed by atoms with Crippen molar-refractivity contribution in [1.29, 1.82) is 0 Å². The van der Waals surface area contributed by atoms with E-state index >= 15 is 0 Å². The third kappa shape index (κ3) is 4.00. The maximum atomic E-state index is 12.5. The Morgan fingerprint density at radius 2 is 2.04 bits per heavy atom. The van der Waals surface area contributed by atoms with Gasteiger partial charge in [0.15, 0.2) is 0 Å². The number of nitrogens with one attached hydrogen (secondary N) is 1. The first kappa shape index (κ1) is 17.5. The molecule has 1 N–H and O–H groups in total. The molecular formula is C19H32N4O. The van der Waals surface area contributed by atoms with Gasteiger partial charge in [-0.15, -0.1) is 0 Å². The standard InChI is InChI=1S/C19H32N4O/c1-14-7-5-6-11-22(14)12-10-20-18(24)16-13-17(15-8-9-15)23(21-16)19(2,3)4/h13-15H,5-12H2,1-4H3,(H,20,24). The number of nitrogens with zero attached hydrogens (tertiary/aromatic N) is 3. The largest absolute Gasteiger partial charge is 0.349 e. The van der Waals surface area contributed by atoms with E-state index in [0.29, 0.717) is 24.2 Å². The van der Waals surface area contributed by atoms with E-state index in [1.807, 2.05) is 10.7 Å². The van der Waals surface area contributed by atoms with Crippen LogP contribution in [0.2, 0.25) is 0 Å². The molecule has 2 fully saturated rings. The van der Waals surface area contributed by atoms with Crippen LogP contribution in [0, 0.1) is 0 Å². The molecule has 134 valence electrons. The molecular weight excluding hydrogens is 300 g/mol. The van der Waals surface area contributed by atoms with Crippen LogP contribution >= 0.6 is 0 Å². The Morgan fingerprint density at radius 3 is 2.67 bits per heavy atom. The highest BCUT2D eigenvalue weighted by molar-refractivity contribution is 5.92. The van der Waals surface area contributed by atoms with E-state index in [1.54, 1.807) is 0 Å². The second-order valence-electron chi connectivity index (χ2n) is 8.45. The van der Waals surface area contributed by atoms with Crippen LogP contribution in [0.4, 0.5) is 0 Å². The molecule has 1 amide bonds. The minimum Gasteiger partial charge on any atom is -0.349 e. The Kier molecular flexibility index (Phi) is 5.00. The average molecular weight is 332 g/mol. The molecule has 3 rings (SSSR count). The first-order chi connectivity index (χ1) is 11.4. The van der Waals surface area contributed by atoms with E-state index in [1.165, 1.54) is 37.8 Å². The van der Waals surface area contributed by atoms with Gasteiger partial charge in [-0.2, -0.15) is 5.10 Å². The van der Waals surface area contributed by atoms with Gasteiger partial charge in [-0.1, -0.05) is 6.42 Å². The summed E-state index contributed by atoms with van der Waals surface area (Å²) in [5.41, 5.74) is 1.70. The average Bonchev–Trinajstić information content (AvgIpc) is 3.26. The fourth-order valence-corrected chi connectivity index (χ4v) is 3.61. The van der Waals surface area contributed by atoms with Crippen molar-refractivity contribution >= 4 is 5.91 Å². The van der Waals surface area contributed by atoms with Crippen LogP contribution in [-0.4, -0.2) is 46.3 Å². The van der Waals surface area contributed by atoms with Gasteiger partial charge < -0.3 is 5.32 Å². The van der Waals surface area contributed by atoms with E-state index in [-0.39, 0.29) is 11.4 Å². The molecule has 0 bridgehead atoms. The topological polar surface area (TPSA) is 50.2 Å². The minimum atomic E-state index is -0.0836. The molecule has 1 saturated heterocycles. The van der Waals surface area contributed by atoms with Crippen LogP contribution < -0.4 is 5.32 Å². The quantitative estimate of drug-likeness (QED) is 0.901. The lowest BCUT2D eigenvalue weighted by Gasteiger charge is -2.33. The lowest BCUT2D eigenvalue weighted by Crippen LogP contribution is -2.42. The summed E-state index contributed by atoms with van der Waals surface area (Å²) in [6.07, 6.45) is 6.32. The molecule has 1 aromatic heterocycles. The molecule has 1 aliphatic heterocycles. The number of hydrogen-bond donors (Lipinski definition) is 1. The van der Waals surface area contributed by atoms with Gasteiger partial charge in [-0.05, 0) is 66.0 Å². The number of aromatic nitrogens is 2. The number of hydrogen-bond acceptors (Lipinski definition) is 3. The van der Waals surface area contributed by atoms with E-state index in [4.69, 9.17) is 0 Å². The van der Waals surface area contributed by atoms with Crippen LogP contribution in [-0.2, 0) is 5.54 Å². The number of rotatable bonds is 5. The molecule has 24 heavy (non-hydrogen) atoms. The van der Waals surface area contributed by atoms with Crippen molar-refractivity contribution in [1.82, 2.24) is 20.0 Å². The van der Waals surface area contributed by atoms with Gasteiger partial charge in [-0.3, -0.25) is 14.4 Å². The molecule has 0 radical (unpaired) electrons. The van der Waals surface area contributed by atoms with E-state index < -0.39 is 0 Å². The second kappa shape index (κ2) is 6.87. The summed E-state index contributed by atoms with van der Waals surface area (Å²) < 4.78 is 2.05. The zero-order valence-electron chi connectivity index (χ0n) is 15.6. The maximum absolute atomic E-state index is 12.5. The summed E-state index contributed by atoms with van der Waals surface area (Å²) in [7, 11) is 0. The lowest BCUT2D eigenvalue weighted by atomic mass is 10.0. The molecule has 1 saturated carbocycles. The summed E-state index contributed by atoms with van der Waals surface area (Å²) in [5.74, 6) is 0.553. The Hall–Kier alpha value is -1.36. The number of amides is 1. The number of carbonyl (C=O) groups is 1. The van der Waals surface area contributed by atoms with Gasteiger partial charge in [0.1, 0.15) is 5.69 Å². The van der Waals surface area contributed by atoms with Crippen molar-refractivity contribution < 1.29 is 4.79 Å². The molecule has 1 unspecified atom stereocenters. The molecule has 1 aromatic rings. The third-order valence-corrected chi connectivity index (χ3v) is 5.23. The first-order valence-corrected chi connectivity index (χ1v) is 9.49. The number of piperidine rings is 1. The van der Waals surface area contributed by atoms with Gasteiger partial charge in [0.2, 0.25) is 0 Å². The van der Waals surface area contributed by atoms with E-state index in [0.717, 1.165) is 13.1 Å². The maximum Gasteiger partial charge on any atom is 0.271 e. The Bertz CT molecular complexity index is 583. The van der Waals surface area contributed by atoms with Crippen LogP contribution in [0.15, 0.2) is 6.07 Å². The van der Waals surface area contributed by atoms with Crippen LogP contribution in [0.3, 0.4) is 0 Å². The summed E-state index contributed by atoms with van der Waals surface area (Å²) in [4.78, 5) is 15.0. The van der Waals surface area contributed by atoms with E-state index in [2.05, 4.69) is 43.0 Å². The molecule has 5 heteroatoms. The summed E-state index contributed by atoms with van der Waals surface area (Å²) in [6, 6.07) is 2.64. The van der Waals surface area contributed by atoms with Gasteiger partial charge in [-0.25, -0.2) is 0 Å². The van der Waals surface area contributed by atoms with Crippen molar-refractivity contribution in [2.75, 3.05) is 19.6 Å². The van der Waals surface area contributed by atoms with Gasteiger partial charge in [0, 0.05) is 30.7 Å². The fraction of sp³-hybridized carbons (Fsp3) is 0.789. The predicted molar refractivity (Wildman–Crippen MR) is 96.4 cm³/mol. The second-order valence-corrected chi connectivity index (χ2v) is 8.45. The third-order valence-electron chi connectivity index (χ3n) is 5.23. The fourth-order valence-electron chi connectivity index (χ4n) is 3.61. The van der Waals surface area contributed by atoms with Crippen molar-refractivity contribution in [3.05, 3.63) is 17.5 Å². The minimum absolute atomic E-state index is 0.0374. The van der Waals surface area contributed by atoms with Crippen LogP contribution in [0.25, 0.3) is 0 Å². The molecule has 0 aromatic carbocycles. The zero-order valence-corrected chi connectivity index (χ0v) is 15.6. The smallest absolute Gasteiger partial charge is 0.271 e. The molecule has 2 aliphatic rings. The van der Waals surface area contributed by atoms with Crippen molar-refractivity contribution in [2.24, 2.45) is 0 Å². The molecule has 1 atom stereocenters.